The predicted molar refractivity (Wildman–Crippen MR) is 74.9 cm³/mol. The average molecular weight is 249 g/mol. The van der Waals surface area contributed by atoms with Gasteiger partial charge < -0.3 is 11.5 Å². The van der Waals surface area contributed by atoms with Crippen molar-refractivity contribution in [3.63, 3.8) is 0 Å². The number of nitrogen functional groups attached to an aromatic ring is 1. The Morgan fingerprint density at radius 3 is 2.61 bits per heavy atom. The van der Waals surface area contributed by atoms with Gasteiger partial charge in [-0.05, 0) is 30.0 Å². The molecule has 0 aromatic heterocycles. The lowest BCUT2D eigenvalue weighted by Gasteiger charge is -2.24. The van der Waals surface area contributed by atoms with Crippen molar-refractivity contribution in [2.75, 3.05) is 18.8 Å². The molecule has 0 fully saturated rings. The van der Waals surface area contributed by atoms with Gasteiger partial charge in [-0.2, -0.15) is 0 Å². The zero-order valence-corrected chi connectivity index (χ0v) is 11.4. The van der Waals surface area contributed by atoms with E-state index in [2.05, 4.69) is 18.7 Å². The van der Waals surface area contributed by atoms with Gasteiger partial charge in [0.25, 0.3) is 0 Å². The molecule has 100 valence electrons. The molecule has 0 radical (unpaired) electrons. The summed E-state index contributed by atoms with van der Waals surface area (Å²) < 4.78 is 0. The van der Waals surface area contributed by atoms with Crippen LogP contribution in [0.5, 0.6) is 0 Å². The molecule has 1 aromatic rings. The van der Waals surface area contributed by atoms with Crippen molar-refractivity contribution in [2.45, 2.75) is 27.3 Å². The van der Waals surface area contributed by atoms with Crippen LogP contribution >= 0.6 is 0 Å². The van der Waals surface area contributed by atoms with E-state index in [0.717, 1.165) is 23.4 Å². The van der Waals surface area contributed by atoms with Crippen LogP contribution in [0.3, 0.4) is 0 Å². The molecule has 0 atom stereocenters. The summed E-state index contributed by atoms with van der Waals surface area (Å²) in [6.45, 7) is 8.09. The molecule has 0 spiro atoms. The fourth-order valence-corrected chi connectivity index (χ4v) is 2.04. The minimum absolute atomic E-state index is 0.284. The van der Waals surface area contributed by atoms with Crippen LogP contribution in [-0.2, 0) is 11.3 Å². The first-order valence-electron chi connectivity index (χ1n) is 6.24. The highest BCUT2D eigenvalue weighted by Gasteiger charge is 2.12. The maximum absolute atomic E-state index is 11.1. The van der Waals surface area contributed by atoms with Gasteiger partial charge in [-0.15, -0.1) is 0 Å². The number of rotatable bonds is 6. The number of anilines is 1. The standard InChI is InChI=1S/C14H23N3O/c1-10(2)7-17(9-14(16)18)8-12-5-4-6-13(15)11(12)3/h4-6,10H,7-9,15H2,1-3H3,(H2,16,18). The number of carbonyl (C=O) groups excluding carboxylic acids is 1. The fourth-order valence-electron chi connectivity index (χ4n) is 2.04. The van der Waals surface area contributed by atoms with E-state index >= 15 is 0 Å². The van der Waals surface area contributed by atoms with Gasteiger partial charge in [0.1, 0.15) is 0 Å². The molecular weight excluding hydrogens is 226 g/mol. The number of hydrogen-bond acceptors (Lipinski definition) is 3. The molecule has 0 aliphatic heterocycles. The predicted octanol–water partition coefficient (Wildman–Crippen LogP) is 1.52. The van der Waals surface area contributed by atoms with Gasteiger partial charge in [0.2, 0.25) is 5.91 Å². The van der Waals surface area contributed by atoms with E-state index in [9.17, 15) is 4.79 Å². The summed E-state index contributed by atoms with van der Waals surface area (Å²) in [7, 11) is 0. The van der Waals surface area contributed by atoms with E-state index in [4.69, 9.17) is 11.5 Å². The second-order valence-electron chi connectivity index (χ2n) is 5.16. The minimum Gasteiger partial charge on any atom is -0.399 e. The fraction of sp³-hybridized carbons (Fsp3) is 0.500. The zero-order valence-electron chi connectivity index (χ0n) is 11.4. The summed E-state index contributed by atoms with van der Waals surface area (Å²) in [4.78, 5) is 13.2. The topological polar surface area (TPSA) is 72.3 Å². The quantitative estimate of drug-likeness (QED) is 0.751. The Bertz CT molecular complexity index is 416. The van der Waals surface area contributed by atoms with Crippen molar-refractivity contribution >= 4 is 11.6 Å². The van der Waals surface area contributed by atoms with Crippen molar-refractivity contribution in [1.29, 1.82) is 0 Å². The molecule has 1 rings (SSSR count). The van der Waals surface area contributed by atoms with Gasteiger partial charge in [-0.1, -0.05) is 26.0 Å². The monoisotopic (exact) mass is 249 g/mol. The Hall–Kier alpha value is -1.55. The molecule has 0 unspecified atom stereocenters. The molecule has 0 bridgehead atoms. The molecule has 0 aliphatic carbocycles. The van der Waals surface area contributed by atoms with Crippen molar-refractivity contribution in [3.8, 4) is 0 Å². The second-order valence-corrected chi connectivity index (χ2v) is 5.16. The van der Waals surface area contributed by atoms with Gasteiger partial charge in [-0.25, -0.2) is 0 Å². The molecule has 4 nitrogen and oxygen atoms in total. The first-order chi connectivity index (χ1) is 8.40. The van der Waals surface area contributed by atoms with Gasteiger partial charge >= 0.3 is 0 Å². The molecule has 18 heavy (non-hydrogen) atoms. The third-order valence-corrected chi connectivity index (χ3v) is 2.88. The molecule has 0 saturated carbocycles. The molecule has 4 N–H and O–H groups in total. The van der Waals surface area contributed by atoms with E-state index in [0.29, 0.717) is 12.5 Å². The summed E-state index contributed by atoms with van der Waals surface area (Å²) in [6.07, 6.45) is 0. The number of nitrogens with zero attached hydrogens (tertiary/aromatic N) is 1. The highest BCUT2D eigenvalue weighted by molar-refractivity contribution is 5.75. The maximum Gasteiger partial charge on any atom is 0.231 e. The van der Waals surface area contributed by atoms with E-state index in [-0.39, 0.29) is 12.5 Å². The smallest absolute Gasteiger partial charge is 0.231 e. The van der Waals surface area contributed by atoms with Crippen molar-refractivity contribution < 1.29 is 4.79 Å². The summed E-state index contributed by atoms with van der Waals surface area (Å²) in [5, 5.41) is 0. The van der Waals surface area contributed by atoms with Crippen LogP contribution in [0.25, 0.3) is 0 Å². The third-order valence-electron chi connectivity index (χ3n) is 2.88. The van der Waals surface area contributed by atoms with Gasteiger partial charge in [0, 0.05) is 18.8 Å². The highest BCUT2D eigenvalue weighted by Crippen LogP contribution is 2.17. The van der Waals surface area contributed by atoms with Gasteiger partial charge in [-0.3, -0.25) is 9.69 Å². The van der Waals surface area contributed by atoms with Gasteiger partial charge in [0.15, 0.2) is 0 Å². The summed E-state index contributed by atoms with van der Waals surface area (Å²) in [5.41, 5.74) is 14.2. The first kappa shape index (κ1) is 14.5. The lowest BCUT2D eigenvalue weighted by Crippen LogP contribution is -2.36. The summed E-state index contributed by atoms with van der Waals surface area (Å²) in [6, 6.07) is 5.87. The van der Waals surface area contributed by atoms with Crippen LogP contribution in [0, 0.1) is 12.8 Å². The van der Waals surface area contributed by atoms with Crippen LogP contribution in [0.4, 0.5) is 5.69 Å². The SMILES string of the molecule is Cc1c(N)cccc1CN(CC(N)=O)CC(C)C. The van der Waals surface area contributed by atoms with Crippen molar-refractivity contribution in [3.05, 3.63) is 29.3 Å². The Kier molecular flexibility index (Phi) is 5.16. The highest BCUT2D eigenvalue weighted by atomic mass is 16.1. The van der Waals surface area contributed by atoms with E-state index < -0.39 is 0 Å². The normalized spacial score (nSPS) is 11.2. The second kappa shape index (κ2) is 6.40. The third kappa shape index (κ3) is 4.37. The van der Waals surface area contributed by atoms with E-state index in [1.165, 1.54) is 0 Å². The molecule has 0 saturated heterocycles. The Morgan fingerprint density at radius 2 is 2.06 bits per heavy atom. The lowest BCUT2D eigenvalue weighted by molar-refractivity contribution is -0.119. The van der Waals surface area contributed by atoms with Crippen molar-refractivity contribution in [2.24, 2.45) is 11.7 Å². The Morgan fingerprint density at radius 1 is 1.39 bits per heavy atom. The van der Waals surface area contributed by atoms with E-state index in [1.54, 1.807) is 0 Å². The number of primary amides is 1. The molecular formula is C14H23N3O. The van der Waals surface area contributed by atoms with Crippen LogP contribution in [-0.4, -0.2) is 23.9 Å². The van der Waals surface area contributed by atoms with Crippen LogP contribution in [0.15, 0.2) is 18.2 Å². The maximum atomic E-state index is 11.1. The number of nitrogens with two attached hydrogens (primary N) is 2. The molecule has 4 heteroatoms. The van der Waals surface area contributed by atoms with Gasteiger partial charge in [0.05, 0.1) is 6.54 Å². The summed E-state index contributed by atoms with van der Waals surface area (Å²) in [5.74, 6) is 0.197. The first-order valence-corrected chi connectivity index (χ1v) is 6.24. The summed E-state index contributed by atoms with van der Waals surface area (Å²) >= 11 is 0. The number of benzene rings is 1. The van der Waals surface area contributed by atoms with Crippen LogP contribution in [0.1, 0.15) is 25.0 Å². The molecule has 1 aromatic carbocycles. The van der Waals surface area contributed by atoms with Crippen LogP contribution < -0.4 is 11.5 Å². The number of hydrogen-bond donors (Lipinski definition) is 2. The Labute approximate surface area is 109 Å². The van der Waals surface area contributed by atoms with E-state index in [1.807, 2.05) is 25.1 Å². The average Bonchev–Trinajstić information content (AvgIpc) is 2.23. The molecule has 0 heterocycles. The Balaban J connectivity index is 2.81. The zero-order chi connectivity index (χ0) is 13.7. The minimum atomic E-state index is -0.294. The van der Waals surface area contributed by atoms with Crippen LogP contribution in [0.2, 0.25) is 0 Å². The molecule has 0 aliphatic rings. The molecule has 1 amide bonds. The van der Waals surface area contributed by atoms with Crippen molar-refractivity contribution in [1.82, 2.24) is 4.90 Å². The largest absolute Gasteiger partial charge is 0.399 e. The number of carbonyl (C=O) groups is 1. The number of amides is 1. The lowest BCUT2D eigenvalue weighted by atomic mass is 10.1.